The van der Waals surface area contributed by atoms with E-state index >= 15 is 0 Å². The molecule has 0 saturated carbocycles. The van der Waals surface area contributed by atoms with Gasteiger partial charge in [0, 0.05) is 0 Å². The van der Waals surface area contributed by atoms with Crippen LogP contribution in [0.25, 0.3) is 0 Å². The van der Waals surface area contributed by atoms with Gasteiger partial charge in [-0.25, -0.2) is 0 Å². The quantitative estimate of drug-likeness (QED) is 0.234. The number of carbonyl (C=O) groups excluding carboxylic acids is 2. The molecule has 23 heavy (non-hydrogen) atoms. The summed E-state index contributed by atoms with van der Waals surface area (Å²) in [7, 11) is 0. The van der Waals surface area contributed by atoms with Crippen molar-refractivity contribution in [3.63, 3.8) is 0 Å². The summed E-state index contributed by atoms with van der Waals surface area (Å²) in [4.78, 5) is 22.3. The van der Waals surface area contributed by atoms with Gasteiger partial charge in [0.1, 0.15) is 12.2 Å². The highest BCUT2D eigenvalue weighted by atomic mass is 16.4. The Morgan fingerprint density at radius 3 is 1.87 bits per heavy atom. The molecule has 0 spiro atoms. The fourth-order valence-electron chi connectivity index (χ4n) is 2.39. The first-order valence-electron chi connectivity index (χ1n) is 8.04. The predicted octanol–water partition coefficient (Wildman–Crippen LogP) is -1.09. The lowest BCUT2D eigenvalue weighted by molar-refractivity contribution is -0.176. The molecule has 8 heteroatoms. The molecule has 4 unspecified atom stereocenters. The minimum atomic E-state index is -2.43. The van der Waals surface area contributed by atoms with Crippen molar-refractivity contribution in [2.45, 2.75) is 82.2 Å². The van der Waals surface area contributed by atoms with Gasteiger partial charge in [-0.3, -0.25) is 9.59 Å². The van der Waals surface area contributed by atoms with Gasteiger partial charge in [0.15, 0.2) is 11.7 Å². The van der Waals surface area contributed by atoms with Crippen LogP contribution in [-0.4, -0.2) is 56.2 Å². The highest BCUT2D eigenvalue weighted by Crippen LogP contribution is 2.23. The number of rotatable bonds is 13. The summed E-state index contributed by atoms with van der Waals surface area (Å²) in [6, 6.07) is 0. The summed E-state index contributed by atoms with van der Waals surface area (Å²) >= 11 is 0. The molecule has 0 radical (unpaired) electrons. The maximum absolute atomic E-state index is 11.5. The van der Waals surface area contributed by atoms with E-state index in [1.165, 1.54) is 0 Å². The summed E-state index contributed by atoms with van der Waals surface area (Å²) in [5, 5.41) is 39.2. The van der Waals surface area contributed by atoms with Crippen LogP contribution in [0.5, 0.6) is 0 Å². The zero-order chi connectivity index (χ0) is 18.0. The molecule has 0 heterocycles. The molecule has 136 valence electrons. The summed E-state index contributed by atoms with van der Waals surface area (Å²) in [6.45, 7) is 2.11. The standard InChI is InChI=1S/C15H30N2O6/c1-2-3-4-5-6-7-8-9-15(23,14(17)22)12(20)10(18)11(19)13(16)21/h10-12,18-20,23H,2-9H2,1H3,(H2,16,21)(H2,17,22). The van der Waals surface area contributed by atoms with Gasteiger partial charge in [-0.15, -0.1) is 0 Å². The second-order valence-electron chi connectivity index (χ2n) is 5.94. The van der Waals surface area contributed by atoms with E-state index in [1.807, 2.05) is 0 Å². The third kappa shape index (κ3) is 6.82. The van der Waals surface area contributed by atoms with E-state index in [4.69, 9.17) is 11.5 Å². The van der Waals surface area contributed by atoms with E-state index in [0.717, 1.165) is 38.5 Å². The maximum atomic E-state index is 11.5. The highest BCUT2D eigenvalue weighted by Gasteiger charge is 2.47. The number of carbonyl (C=O) groups is 2. The van der Waals surface area contributed by atoms with Crippen LogP contribution < -0.4 is 11.5 Å². The molecule has 0 aliphatic carbocycles. The summed E-state index contributed by atoms with van der Waals surface area (Å²) in [5.41, 5.74) is 7.49. The van der Waals surface area contributed by atoms with Crippen molar-refractivity contribution in [1.29, 1.82) is 0 Å². The molecule has 8 N–H and O–H groups in total. The summed E-state index contributed by atoms with van der Waals surface area (Å²) in [6.07, 6.45) is -0.0202. The van der Waals surface area contributed by atoms with Crippen molar-refractivity contribution in [1.82, 2.24) is 0 Å². The Morgan fingerprint density at radius 1 is 0.957 bits per heavy atom. The van der Waals surface area contributed by atoms with Gasteiger partial charge in [0.2, 0.25) is 5.91 Å². The van der Waals surface area contributed by atoms with E-state index in [0.29, 0.717) is 6.42 Å². The van der Waals surface area contributed by atoms with Crippen molar-refractivity contribution in [3.05, 3.63) is 0 Å². The molecule has 0 rings (SSSR count). The van der Waals surface area contributed by atoms with Crippen LogP contribution >= 0.6 is 0 Å². The van der Waals surface area contributed by atoms with Gasteiger partial charge in [0.05, 0.1) is 0 Å². The van der Waals surface area contributed by atoms with E-state index in [1.54, 1.807) is 0 Å². The Balaban J connectivity index is 4.55. The zero-order valence-electron chi connectivity index (χ0n) is 13.6. The van der Waals surface area contributed by atoms with Gasteiger partial charge in [-0.05, 0) is 12.8 Å². The number of aliphatic hydroxyl groups is 4. The van der Waals surface area contributed by atoms with Crippen LogP contribution in [0.15, 0.2) is 0 Å². The lowest BCUT2D eigenvalue weighted by Gasteiger charge is -2.33. The average Bonchev–Trinajstić information content (AvgIpc) is 2.51. The SMILES string of the molecule is CCCCCCCCCC(O)(C(N)=O)C(O)C(O)C(O)C(N)=O. The van der Waals surface area contributed by atoms with Crippen LogP contribution in [-0.2, 0) is 9.59 Å². The van der Waals surface area contributed by atoms with Gasteiger partial charge >= 0.3 is 0 Å². The Bertz CT molecular complexity index is 379. The number of nitrogens with two attached hydrogens (primary N) is 2. The lowest BCUT2D eigenvalue weighted by Crippen LogP contribution is -2.61. The third-order valence-electron chi connectivity index (χ3n) is 4.02. The van der Waals surface area contributed by atoms with Gasteiger partial charge in [-0.1, -0.05) is 45.4 Å². The largest absolute Gasteiger partial charge is 0.387 e. The Labute approximate surface area is 136 Å². The van der Waals surface area contributed by atoms with Crippen molar-refractivity contribution in [2.24, 2.45) is 11.5 Å². The summed E-state index contributed by atoms with van der Waals surface area (Å²) in [5.74, 6) is -2.51. The normalized spacial score (nSPS) is 18.0. The molecule has 8 nitrogen and oxygen atoms in total. The number of aliphatic hydroxyl groups excluding tert-OH is 3. The smallest absolute Gasteiger partial charge is 0.252 e. The molecule has 0 aliphatic rings. The minimum Gasteiger partial charge on any atom is -0.387 e. The second-order valence-corrected chi connectivity index (χ2v) is 5.94. The fraction of sp³-hybridized carbons (Fsp3) is 0.867. The molecule has 2 amide bonds. The first-order chi connectivity index (χ1) is 10.7. The molecular weight excluding hydrogens is 304 g/mol. The number of hydrogen-bond acceptors (Lipinski definition) is 6. The molecule has 0 fully saturated rings. The van der Waals surface area contributed by atoms with E-state index in [-0.39, 0.29) is 6.42 Å². The van der Waals surface area contributed by atoms with Crippen LogP contribution in [0, 0.1) is 0 Å². The Hall–Kier alpha value is -1.22. The van der Waals surface area contributed by atoms with Crippen LogP contribution in [0.2, 0.25) is 0 Å². The zero-order valence-corrected chi connectivity index (χ0v) is 13.6. The minimum absolute atomic E-state index is 0.181. The second kappa shape index (κ2) is 10.5. The van der Waals surface area contributed by atoms with Crippen LogP contribution in [0.4, 0.5) is 0 Å². The van der Waals surface area contributed by atoms with Crippen molar-refractivity contribution < 1.29 is 30.0 Å². The topological polar surface area (TPSA) is 167 Å². The summed E-state index contributed by atoms with van der Waals surface area (Å²) < 4.78 is 0. The molecule has 0 saturated heterocycles. The fourth-order valence-corrected chi connectivity index (χ4v) is 2.39. The molecule has 0 aliphatic heterocycles. The van der Waals surface area contributed by atoms with Gasteiger partial charge < -0.3 is 31.9 Å². The molecule has 0 bridgehead atoms. The van der Waals surface area contributed by atoms with Gasteiger partial charge in [-0.2, -0.15) is 0 Å². The van der Waals surface area contributed by atoms with E-state index in [9.17, 15) is 30.0 Å². The molecule has 0 aromatic rings. The molecule has 0 aromatic heterocycles. The Morgan fingerprint density at radius 2 is 1.43 bits per heavy atom. The highest BCUT2D eigenvalue weighted by molar-refractivity contribution is 5.84. The number of hydrogen-bond donors (Lipinski definition) is 6. The Kier molecular flexibility index (Phi) is 9.98. The van der Waals surface area contributed by atoms with Crippen molar-refractivity contribution >= 4 is 11.8 Å². The lowest BCUT2D eigenvalue weighted by atomic mass is 9.84. The maximum Gasteiger partial charge on any atom is 0.252 e. The average molecular weight is 334 g/mol. The van der Waals surface area contributed by atoms with E-state index in [2.05, 4.69) is 6.92 Å². The monoisotopic (exact) mass is 334 g/mol. The van der Waals surface area contributed by atoms with Crippen molar-refractivity contribution in [3.8, 4) is 0 Å². The van der Waals surface area contributed by atoms with Gasteiger partial charge in [0.25, 0.3) is 5.91 Å². The first kappa shape index (κ1) is 21.8. The molecule has 0 aromatic carbocycles. The third-order valence-corrected chi connectivity index (χ3v) is 4.02. The van der Waals surface area contributed by atoms with Crippen LogP contribution in [0.3, 0.4) is 0 Å². The number of unbranched alkanes of at least 4 members (excludes halogenated alkanes) is 6. The molecular formula is C15H30N2O6. The number of amides is 2. The number of primary amides is 2. The van der Waals surface area contributed by atoms with Crippen LogP contribution in [0.1, 0.15) is 58.3 Å². The first-order valence-corrected chi connectivity index (χ1v) is 8.04. The molecule has 4 atom stereocenters. The predicted molar refractivity (Wildman–Crippen MR) is 84.0 cm³/mol. The van der Waals surface area contributed by atoms with E-state index < -0.39 is 35.7 Å². The van der Waals surface area contributed by atoms with Crippen molar-refractivity contribution in [2.75, 3.05) is 0 Å².